The summed E-state index contributed by atoms with van der Waals surface area (Å²) in [7, 11) is 1.56. The Morgan fingerprint density at radius 2 is 1.95 bits per heavy atom. The summed E-state index contributed by atoms with van der Waals surface area (Å²) in [5.74, 6) is 1.01. The van der Waals surface area contributed by atoms with E-state index in [0.717, 1.165) is 19.3 Å². The molecule has 106 valence electrons. The molecular weight excluding hydrogens is 246 g/mol. The molecule has 0 aliphatic rings. The van der Waals surface area contributed by atoms with Crippen LogP contribution in [0.1, 0.15) is 19.3 Å². The minimum atomic E-state index is -0.157. The topological polar surface area (TPSA) is 67.8 Å². The number of aliphatic hydroxyl groups is 1. The quantitative estimate of drug-likeness (QED) is 0.663. The van der Waals surface area contributed by atoms with Gasteiger partial charge in [-0.25, -0.2) is 0 Å². The molecule has 0 bridgehead atoms. The van der Waals surface area contributed by atoms with Crippen LogP contribution >= 0.6 is 0 Å². The van der Waals surface area contributed by atoms with Crippen LogP contribution in [0.15, 0.2) is 24.3 Å². The first-order valence-electron chi connectivity index (χ1n) is 6.41. The number of hydrogen-bond acceptors (Lipinski definition) is 4. The number of para-hydroxylation sites is 2. The molecule has 2 N–H and O–H groups in total. The van der Waals surface area contributed by atoms with Crippen molar-refractivity contribution in [3.05, 3.63) is 24.3 Å². The van der Waals surface area contributed by atoms with Crippen LogP contribution in [-0.2, 0) is 4.79 Å². The predicted octanol–water partition coefficient (Wildman–Crippen LogP) is 1.35. The molecule has 1 amide bonds. The highest BCUT2D eigenvalue weighted by Gasteiger charge is 2.06. The van der Waals surface area contributed by atoms with Crippen LogP contribution in [0.4, 0.5) is 0 Å². The van der Waals surface area contributed by atoms with E-state index in [2.05, 4.69) is 5.32 Å². The molecule has 0 heterocycles. The smallest absolute Gasteiger partial charge is 0.257 e. The number of hydrogen-bond donors (Lipinski definition) is 2. The van der Waals surface area contributed by atoms with E-state index in [1.165, 1.54) is 0 Å². The van der Waals surface area contributed by atoms with Gasteiger partial charge in [-0.15, -0.1) is 0 Å². The van der Waals surface area contributed by atoms with Crippen molar-refractivity contribution in [2.45, 2.75) is 19.3 Å². The summed E-state index contributed by atoms with van der Waals surface area (Å²) in [6.45, 7) is 0.777. The molecule has 0 aliphatic heterocycles. The van der Waals surface area contributed by atoms with Crippen LogP contribution in [0.5, 0.6) is 11.5 Å². The highest BCUT2D eigenvalue weighted by atomic mass is 16.5. The number of aliphatic hydroxyl groups excluding tert-OH is 1. The lowest BCUT2D eigenvalue weighted by molar-refractivity contribution is -0.123. The fourth-order valence-electron chi connectivity index (χ4n) is 1.57. The Kier molecular flexibility index (Phi) is 7.43. The van der Waals surface area contributed by atoms with Crippen molar-refractivity contribution < 1.29 is 19.4 Å². The van der Waals surface area contributed by atoms with Crippen LogP contribution in [0.25, 0.3) is 0 Å². The van der Waals surface area contributed by atoms with Crippen LogP contribution in [0.3, 0.4) is 0 Å². The third-order valence-electron chi connectivity index (χ3n) is 2.58. The number of benzene rings is 1. The largest absolute Gasteiger partial charge is 0.493 e. The number of amides is 1. The Morgan fingerprint density at radius 3 is 2.63 bits per heavy atom. The Labute approximate surface area is 113 Å². The third kappa shape index (κ3) is 6.10. The molecule has 0 unspecified atom stereocenters. The summed E-state index contributed by atoms with van der Waals surface area (Å²) in [4.78, 5) is 11.5. The number of carbonyl (C=O) groups is 1. The van der Waals surface area contributed by atoms with Crippen LogP contribution in [0, 0.1) is 0 Å². The Hall–Kier alpha value is -1.75. The van der Waals surface area contributed by atoms with Gasteiger partial charge in [-0.1, -0.05) is 12.1 Å². The van der Waals surface area contributed by atoms with Gasteiger partial charge in [0.1, 0.15) is 0 Å². The second-order valence-electron chi connectivity index (χ2n) is 4.07. The van der Waals surface area contributed by atoms with Gasteiger partial charge in [-0.3, -0.25) is 4.79 Å². The van der Waals surface area contributed by atoms with Crippen LogP contribution < -0.4 is 14.8 Å². The number of unbranched alkanes of at least 4 members (excludes halogenated alkanes) is 2. The van der Waals surface area contributed by atoms with Crippen molar-refractivity contribution in [3.63, 3.8) is 0 Å². The van der Waals surface area contributed by atoms with E-state index in [1.807, 2.05) is 12.1 Å². The zero-order valence-electron chi connectivity index (χ0n) is 11.2. The lowest BCUT2D eigenvalue weighted by Crippen LogP contribution is -2.29. The zero-order valence-corrected chi connectivity index (χ0v) is 11.2. The van der Waals surface area contributed by atoms with Crippen molar-refractivity contribution in [2.75, 3.05) is 26.9 Å². The average molecular weight is 267 g/mol. The lowest BCUT2D eigenvalue weighted by Gasteiger charge is -2.10. The molecule has 0 fully saturated rings. The van der Waals surface area contributed by atoms with Gasteiger partial charge in [0.15, 0.2) is 18.1 Å². The first-order chi connectivity index (χ1) is 9.27. The Morgan fingerprint density at radius 1 is 1.21 bits per heavy atom. The summed E-state index contributed by atoms with van der Waals surface area (Å²) in [6.07, 6.45) is 2.54. The van der Waals surface area contributed by atoms with E-state index in [1.54, 1.807) is 19.2 Å². The molecule has 1 aromatic rings. The van der Waals surface area contributed by atoms with Crippen molar-refractivity contribution in [2.24, 2.45) is 0 Å². The Bertz CT molecular complexity index is 381. The second kappa shape index (κ2) is 9.22. The van der Waals surface area contributed by atoms with Gasteiger partial charge in [-0.05, 0) is 31.4 Å². The lowest BCUT2D eigenvalue weighted by atomic mass is 10.2. The summed E-state index contributed by atoms with van der Waals surface area (Å²) in [6, 6.07) is 7.20. The zero-order chi connectivity index (χ0) is 13.9. The molecule has 0 saturated carbocycles. The molecule has 0 atom stereocenters. The first kappa shape index (κ1) is 15.3. The summed E-state index contributed by atoms with van der Waals surface area (Å²) in [5.41, 5.74) is 0. The van der Waals surface area contributed by atoms with Gasteiger partial charge in [0, 0.05) is 13.2 Å². The normalized spacial score (nSPS) is 10.0. The first-order valence-corrected chi connectivity index (χ1v) is 6.41. The van der Waals surface area contributed by atoms with Gasteiger partial charge in [0.2, 0.25) is 0 Å². The summed E-state index contributed by atoms with van der Waals surface area (Å²) >= 11 is 0. The van der Waals surface area contributed by atoms with Gasteiger partial charge in [0.05, 0.1) is 7.11 Å². The minimum Gasteiger partial charge on any atom is -0.493 e. The predicted molar refractivity (Wildman–Crippen MR) is 72.4 cm³/mol. The molecule has 5 heteroatoms. The van der Waals surface area contributed by atoms with E-state index >= 15 is 0 Å². The number of ether oxygens (including phenoxy) is 2. The molecule has 0 spiro atoms. The van der Waals surface area contributed by atoms with Crippen molar-refractivity contribution in [1.82, 2.24) is 5.32 Å². The van der Waals surface area contributed by atoms with Gasteiger partial charge >= 0.3 is 0 Å². The summed E-state index contributed by atoms with van der Waals surface area (Å²) in [5, 5.41) is 11.4. The van der Waals surface area contributed by atoms with E-state index < -0.39 is 0 Å². The fraction of sp³-hybridized carbons (Fsp3) is 0.500. The van der Waals surface area contributed by atoms with E-state index in [9.17, 15) is 4.79 Å². The molecule has 0 saturated heterocycles. The monoisotopic (exact) mass is 267 g/mol. The minimum absolute atomic E-state index is 0.0274. The van der Waals surface area contributed by atoms with E-state index in [0.29, 0.717) is 18.0 Å². The number of nitrogens with one attached hydrogen (secondary N) is 1. The van der Waals surface area contributed by atoms with Crippen LogP contribution in [0.2, 0.25) is 0 Å². The van der Waals surface area contributed by atoms with E-state index in [-0.39, 0.29) is 19.1 Å². The molecule has 5 nitrogen and oxygen atoms in total. The molecular formula is C14H21NO4. The maximum absolute atomic E-state index is 11.5. The average Bonchev–Trinajstić information content (AvgIpc) is 2.45. The third-order valence-corrected chi connectivity index (χ3v) is 2.58. The SMILES string of the molecule is COc1ccccc1OCC(=O)NCCCCCO. The maximum atomic E-state index is 11.5. The fourth-order valence-corrected chi connectivity index (χ4v) is 1.57. The maximum Gasteiger partial charge on any atom is 0.257 e. The molecule has 19 heavy (non-hydrogen) atoms. The molecule has 0 radical (unpaired) electrons. The molecule has 0 aliphatic carbocycles. The highest BCUT2D eigenvalue weighted by Crippen LogP contribution is 2.25. The number of carbonyl (C=O) groups excluding carboxylic acids is 1. The number of methoxy groups -OCH3 is 1. The highest BCUT2D eigenvalue weighted by molar-refractivity contribution is 5.77. The molecule has 0 aromatic heterocycles. The number of rotatable bonds is 9. The summed E-state index contributed by atoms with van der Waals surface area (Å²) < 4.78 is 10.5. The van der Waals surface area contributed by atoms with Crippen molar-refractivity contribution >= 4 is 5.91 Å². The van der Waals surface area contributed by atoms with Gasteiger partial charge < -0.3 is 19.9 Å². The Balaban J connectivity index is 2.22. The van der Waals surface area contributed by atoms with Crippen molar-refractivity contribution in [3.8, 4) is 11.5 Å². The van der Waals surface area contributed by atoms with E-state index in [4.69, 9.17) is 14.6 Å². The van der Waals surface area contributed by atoms with Crippen molar-refractivity contribution in [1.29, 1.82) is 0 Å². The molecule has 1 aromatic carbocycles. The standard InChI is InChI=1S/C14H21NO4/c1-18-12-7-3-4-8-13(12)19-11-14(17)15-9-5-2-6-10-16/h3-4,7-8,16H,2,5-6,9-11H2,1H3,(H,15,17). The second-order valence-corrected chi connectivity index (χ2v) is 4.07. The van der Waals surface area contributed by atoms with Crippen LogP contribution in [-0.4, -0.2) is 37.9 Å². The molecule has 1 rings (SSSR count). The van der Waals surface area contributed by atoms with Gasteiger partial charge in [-0.2, -0.15) is 0 Å². The van der Waals surface area contributed by atoms with Gasteiger partial charge in [0.25, 0.3) is 5.91 Å².